The summed E-state index contributed by atoms with van der Waals surface area (Å²) < 4.78 is 13.5. The summed E-state index contributed by atoms with van der Waals surface area (Å²) in [5.41, 5.74) is 2.24. The molecule has 2 aliphatic heterocycles. The number of anilines is 1. The number of aliphatic hydroxyl groups is 1. The molecule has 0 radical (unpaired) electrons. The number of pyridine rings is 1. The van der Waals surface area contributed by atoms with Crippen LogP contribution in [0.3, 0.4) is 0 Å². The van der Waals surface area contributed by atoms with E-state index in [1.54, 1.807) is 30.9 Å². The molecule has 2 aliphatic rings. The molecule has 2 fully saturated rings. The van der Waals surface area contributed by atoms with Gasteiger partial charge < -0.3 is 29.8 Å². The molecule has 0 saturated carbocycles. The van der Waals surface area contributed by atoms with Crippen LogP contribution in [0.1, 0.15) is 6.04 Å². The number of fused-ring (bicyclic) bond motifs is 3. The van der Waals surface area contributed by atoms with Crippen molar-refractivity contribution >= 4 is 22.8 Å². The van der Waals surface area contributed by atoms with Crippen molar-refractivity contribution in [3.8, 4) is 0 Å². The van der Waals surface area contributed by atoms with E-state index in [0.29, 0.717) is 12.3 Å². The average molecular weight is 381 g/mol. The van der Waals surface area contributed by atoms with Crippen molar-refractivity contribution < 1.29 is 19.4 Å². The van der Waals surface area contributed by atoms with Crippen LogP contribution in [0.25, 0.3) is 11.0 Å². The molecule has 28 heavy (non-hydrogen) atoms. The SMILES string of the molecule is O=C(Nc1cccnc1)N[C@H]1[C@H](O)[C@@H](n2cnc3ccccc32)[C@@H]2OC[C@H]1O2. The Kier molecular flexibility index (Phi) is 4.19. The van der Waals surface area contributed by atoms with Gasteiger partial charge in [0.25, 0.3) is 0 Å². The second-order valence-electron chi connectivity index (χ2n) is 6.86. The fraction of sp³-hybridized carbons (Fsp3) is 0.316. The van der Waals surface area contributed by atoms with E-state index in [-0.39, 0.29) is 0 Å². The molecule has 5 rings (SSSR count). The maximum atomic E-state index is 12.4. The number of carbonyl (C=O) groups is 1. The summed E-state index contributed by atoms with van der Waals surface area (Å²) in [5.74, 6) is 0. The summed E-state index contributed by atoms with van der Waals surface area (Å²) in [7, 11) is 0. The highest BCUT2D eigenvalue weighted by Crippen LogP contribution is 2.37. The Morgan fingerprint density at radius 3 is 3.00 bits per heavy atom. The fourth-order valence-electron chi connectivity index (χ4n) is 3.85. The van der Waals surface area contributed by atoms with E-state index in [0.717, 1.165) is 11.0 Å². The number of para-hydroxylation sites is 2. The molecule has 9 nitrogen and oxygen atoms in total. The number of aromatic nitrogens is 3. The van der Waals surface area contributed by atoms with Gasteiger partial charge in [-0.25, -0.2) is 9.78 Å². The number of ether oxygens (including phenoxy) is 2. The van der Waals surface area contributed by atoms with Gasteiger partial charge in [0.15, 0.2) is 6.29 Å². The number of benzene rings is 1. The minimum atomic E-state index is -0.913. The van der Waals surface area contributed by atoms with Crippen LogP contribution in [-0.2, 0) is 9.47 Å². The molecule has 2 aromatic heterocycles. The zero-order valence-corrected chi connectivity index (χ0v) is 14.8. The van der Waals surface area contributed by atoms with Gasteiger partial charge in [-0.2, -0.15) is 0 Å². The van der Waals surface area contributed by atoms with Crippen LogP contribution < -0.4 is 10.6 Å². The molecule has 2 bridgehead atoms. The highest BCUT2D eigenvalue weighted by Gasteiger charge is 2.51. The van der Waals surface area contributed by atoms with Gasteiger partial charge in [-0.3, -0.25) is 4.98 Å². The van der Waals surface area contributed by atoms with E-state index in [9.17, 15) is 9.90 Å². The molecule has 0 spiro atoms. The highest BCUT2D eigenvalue weighted by molar-refractivity contribution is 5.89. The lowest BCUT2D eigenvalue weighted by Gasteiger charge is -2.39. The molecule has 0 aliphatic carbocycles. The number of carbonyl (C=O) groups excluding carboxylic acids is 1. The van der Waals surface area contributed by atoms with Crippen LogP contribution in [0.4, 0.5) is 10.5 Å². The lowest BCUT2D eigenvalue weighted by atomic mass is 9.96. The van der Waals surface area contributed by atoms with E-state index >= 15 is 0 Å². The van der Waals surface area contributed by atoms with Crippen LogP contribution >= 0.6 is 0 Å². The predicted octanol–water partition coefficient (Wildman–Crippen LogP) is 1.28. The number of urea groups is 1. The van der Waals surface area contributed by atoms with Crippen molar-refractivity contribution in [3.05, 3.63) is 55.1 Å². The molecule has 9 heteroatoms. The van der Waals surface area contributed by atoms with Crippen LogP contribution in [-0.4, -0.2) is 56.8 Å². The summed E-state index contributed by atoms with van der Waals surface area (Å²) >= 11 is 0. The van der Waals surface area contributed by atoms with Crippen LogP contribution in [0.15, 0.2) is 55.1 Å². The van der Waals surface area contributed by atoms with Crippen molar-refractivity contribution in [2.24, 2.45) is 0 Å². The van der Waals surface area contributed by atoms with Crippen molar-refractivity contribution in [2.75, 3.05) is 11.9 Å². The third-order valence-electron chi connectivity index (χ3n) is 5.15. The first-order valence-corrected chi connectivity index (χ1v) is 9.05. The first kappa shape index (κ1) is 17.1. The zero-order chi connectivity index (χ0) is 19.1. The van der Waals surface area contributed by atoms with Gasteiger partial charge in [0, 0.05) is 6.20 Å². The Balaban J connectivity index is 1.39. The Morgan fingerprint density at radius 2 is 2.14 bits per heavy atom. The standard InChI is InChI=1S/C19H19N5O4/c25-17-15(23-19(26)22-11-4-3-7-20-8-11)14-9-27-18(28-14)16(17)24-10-21-12-5-1-2-6-13(12)24/h1-8,10,14-18,25H,9H2,(H2,22,23,26)/t14-,15-,16-,17+,18-/m1/s1. The number of nitrogens with one attached hydrogen (secondary N) is 2. The maximum absolute atomic E-state index is 12.4. The summed E-state index contributed by atoms with van der Waals surface area (Å²) in [6.45, 7) is 0.294. The number of aliphatic hydroxyl groups excluding tert-OH is 1. The first-order chi connectivity index (χ1) is 13.7. The van der Waals surface area contributed by atoms with Gasteiger partial charge in [-0.05, 0) is 24.3 Å². The molecule has 3 aromatic rings. The Morgan fingerprint density at radius 1 is 1.25 bits per heavy atom. The minimum Gasteiger partial charge on any atom is -0.388 e. The maximum Gasteiger partial charge on any atom is 0.319 e. The Bertz CT molecular complexity index is 994. The lowest BCUT2D eigenvalue weighted by Crippen LogP contribution is -2.59. The summed E-state index contributed by atoms with van der Waals surface area (Å²) in [5, 5.41) is 16.6. The molecular formula is C19H19N5O4. The van der Waals surface area contributed by atoms with Gasteiger partial charge in [0.05, 0.1) is 41.9 Å². The molecular weight excluding hydrogens is 362 g/mol. The van der Waals surface area contributed by atoms with E-state index < -0.39 is 36.6 Å². The van der Waals surface area contributed by atoms with Gasteiger partial charge in [0.2, 0.25) is 0 Å². The van der Waals surface area contributed by atoms with Crippen LogP contribution in [0, 0.1) is 0 Å². The lowest BCUT2D eigenvalue weighted by molar-refractivity contribution is -0.162. The number of nitrogens with zero attached hydrogens (tertiary/aromatic N) is 3. The van der Waals surface area contributed by atoms with Gasteiger partial charge in [0.1, 0.15) is 18.2 Å². The number of amides is 2. The van der Waals surface area contributed by atoms with E-state index in [4.69, 9.17) is 9.47 Å². The highest BCUT2D eigenvalue weighted by atomic mass is 16.7. The largest absolute Gasteiger partial charge is 0.388 e. The third-order valence-corrected chi connectivity index (χ3v) is 5.15. The smallest absolute Gasteiger partial charge is 0.319 e. The molecule has 1 aromatic carbocycles. The van der Waals surface area contributed by atoms with Gasteiger partial charge >= 0.3 is 6.03 Å². The number of hydrogen-bond donors (Lipinski definition) is 3. The van der Waals surface area contributed by atoms with E-state index in [1.165, 1.54) is 0 Å². The summed E-state index contributed by atoms with van der Waals surface area (Å²) in [6.07, 6.45) is 2.89. The Labute approximate surface area is 160 Å². The normalized spacial score (nSPS) is 29.0. The van der Waals surface area contributed by atoms with Gasteiger partial charge in [-0.1, -0.05) is 12.1 Å². The van der Waals surface area contributed by atoms with Crippen molar-refractivity contribution in [1.82, 2.24) is 19.9 Å². The summed E-state index contributed by atoms with van der Waals surface area (Å²) in [4.78, 5) is 20.8. The predicted molar refractivity (Wildman–Crippen MR) is 99.6 cm³/mol. The molecule has 0 unspecified atom stereocenters. The second kappa shape index (κ2) is 6.86. The van der Waals surface area contributed by atoms with Crippen molar-refractivity contribution in [2.45, 2.75) is 30.6 Å². The first-order valence-electron chi connectivity index (χ1n) is 9.05. The van der Waals surface area contributed by atoms with Crippen molar-refractivity contribution in [3.63, 3.8) is 0 Å². The molecule has 2 amide bonds. The van der Waals surface area contributed by atoms with E-state index in [2.05, 4.69) is 20.6 Å². The monoisotopic (exact) mass is 381 g/mol. The molecule has 3 N–H and O–H groups in total. The average Bonchev–Trinajstić information content (AvgIpc) is 3.33. The van der Waals surface area contributed by atoms with Crippen LogP contribution in [0.5, 0.6) is 0 Å². The molecule has 144 valence electrons. The zero-order valence-electron chi connectivity index (χ0n) is 14.8. The third kappa shape index (κ3) is 2.89. The number of rotatable bonds is 3. The Hall–Kier alpha value is -3.01. The summed E-state index contributed by atoms with van der Waals surface area (Å²) in [6, 6.07) is 9.48. The number of hydrogen-bond acceptors (Lipinski definition) is 6. The van der Waals surface area contributed by atoms with Crippen LogP contribution in [0.2, 0.25) is 0 Å². The van der Waals surface area contributed by atoms with E-state index in [1.807, 2.05) is 28.8 Å². The second-order valence-corrected chi connectivity index (χ2v) is 6.86. The molecule has 5 atom stereocenters. The number of imidazole rings is 1. The molecule has 2 saturated heterocycles. The molecule has 4 heterocycles. The fourth-order valence-corrected chi connectivity index (χ4v) is 3.85. The quantitative estimate of drug-likeness (QED) is 0.630. The van der Waals surface area contributed by atoms with Crippen molar-refractivity contribution in [1.29, 1.82) is 0 Å². The van der Waals surface area contributed by atoms with Gasteiger partial charge in [-0.15, -0.1) is 0 Å². The minimum absolute atomic E-state index is 0.294. The topological polar surface area (TPSA) is 111 Å².